The molecule has 0 fully saturated rings. The Bertz CT molecular complexity index is 627. The lowest BCUT2D eigenvalue weighted by Gasteiger charge is -2.20. The number of hydrogen-bond donors (Lipinski definition) is 1. The average molecular weight is 295 g/mol. The number of hydrogen-bond acceptors (Lipinski definition) is 4. The molecule has 0 bridgehead atoms. The van der Waals surface area contributed by atoms with Crippen LogP contribution in [0.4, 0.5) is 3.89 Å². The fraction of sp³-hybridized carbons (Fsp3) is 0.400. The van der Waals surface area contributed by atoms with Crippen LogP contribution in [0.25, 0.3) is 0 Å². The zero-order valence-electron chi connectivity index (χ0n) is 10.1. The maximum atomic E-state index is 12.6. The quantitative estimate of drug-likeness (QED) is 0.855. The lowest BCUT2D eigenvalue weighted by Crippen LogP contribution is -2.40. The first-order chi connectivity index (χ1) is 7.92. The van der Waals surface area contributed by atoms with Gasteiger partial charge in [-0.2, -0.15) is 8.42 Å². The second kappa shape index (κ2) is 4.60. The summed E-state index contributed by atoms with van der Waals surface area (Å²) in [5.74, 6) is 0. The van der Waals surface area contributed by atoms with E-state index in [9.17, 15) is 20.7 Å². The lowest BCUT2D eigenvalue weighted by molar-refractivity contribution is 0.491. The predicted molar refractivity (Wildman–Crippen MR) is 64.8 cm³/mol. The molecule has 1 aromatic rings. The SMILES string of the molecule is CC(C)(C)NS(=O)(=O)c1ccc(S(=O)(=O)F)cc1. The summed E-state index contributed by atoms with van der Waals surface area (Å²) in [6.07, 6.45) is 0. The molecule has 0 amide bonds. The van der Waals surface area contributed by atoms with Gasteiger partial charge >= 0.3 is 10.2 Å². The van der Waals surface area contributed by atoms with E-state index in [0.717, 1.165) is 24.3 Å². The topological polar surface area (TPSA) is 80.3 Å². The highest BCUT2D eigenvalue weighted by molar-refractivity contribution is 7.89. The van der Waals surface area contributed by atoms with Crippen molar-refractivity contribution in [3.63, 3.8) is 0 Å². The van der Waals surface area contributed by atoms with Gasteiger partial charge in [0.1, 0.15) is 0 Å². The van der Waals surface area contributed by atoms with Crippen LogP contribution in [0.2, 0.25) is 0 Å². The van der Waals surface area contributed by atoms with Crippen molar-refractivity contribution >= 4 is 20.2 Å². The van der Waals surface area contributed by atoms with Crippen molar-refractivity contribution in [2.45, 2.75) is 36.1 Å². The fourth-order valence-corrected chi connectivity index (χ4v) is 3.12. The fourth-order valence-electron chi connectivity index (χ4n) is 1.24. The van der Waals surface area contributed by atoms with Crippen LogP contribution in [0.1, 0.15) is 20.8 Å². The van der Waals surface area contributed by atoms with Crippen molar-refractivity contribution in [3.05, 3.63) is 24.3 Å². The largest absolute Gasteiger partial charge is 0.332 e. The Morgan fingerprint density at radius 3 is 1.67 bits per heavy atom. The van der Waals surface area contributed by atoms with Crippen molar-refractivity contribution in [2.75, 3.05) is 0 Å². The maximum Gasteiger partial charge on any atom is 0.332 e. The van der Waals surface area contributed by atoms with Crippen molar-refractivity contribution in [3.8, 4) is 0 Å². The monoisotopic (exact) mass is 295 g/mol. The summed E-state index contributed by atoms with van der Waals surface area (Å²) < 4.78 is 59.9. The first kappa shape index (κ1) is 15.1. The summed E-state index contributed by atoms with van der Waals surface area (Å²) in [5, 5.41) is 0. The van der Waals surface area contributed by atoms with Crippen molar-refractivity contribution in [1.29, 1.82) is 0 Å². The van der Waals surface area contributed by atoms with E-state index in [1.54, 1.807) is 20.8 Å². The smallest absolute Gasteiger partial charge is 0.207 e. The molecule has 0 unspecified atom stereocenters. The number of rotatable bonds is 3. The second-order valence-corrected chi connectivity index (χ2v) is 7.79. The van der Waals surface area contributed by atoms with Gasteiger partial charge in [-0.15, -0.1) is 3.89 Å². The Morgan fingerprint density at radius 2 is 1.33 bits per heavy atom. The maximum absolute atomic E-state index is 12.6. The Kier molecular flexibility index (Phi) is 3.85. The van der Waals surface area contributed by atoms with Crippen LogP contribution in [-0.2, 0) is 20.2 Å². The van der Waals surface area contributed by atoms with Gasteiger partial charge in [0.15, 0.2) is 0 Å². The highest BCUT2D eigenvalue weighted by Gasteiger charge is 2.22. The molecule has 0 aliphatic carbocycles. The van der Waals surface area contributed by atoms with Gasteiger partial charge in [0, 0.05) is 5.54 Å². The van der Waals surface area contributed by atoms with Crippen LogP contribution in [-0.4, -0.2) is 22.4 Å². The van der Waals surface area contributed by atoms with Crippen LogP contribution in [0.3, 0.4) is 0 Å². The molecule has 0 saturated heterocycles. The highest BCUT2D eigenvalue weighted by Crippen LogP contribution is 2.17. The molecule has 0 aliphatic heterocycles. The van der Waals surface area contributed by atoms with E-state index in [1.165, 1.54) is 0 Å². The van der Waals surface area contributed by atoms with E-state index in [0.29, 0.717) is 0 Å². The Hall–Kier alpha value is -0.990. The first-order valence-electron chi connectivity index (χ1n) is 5.00. The molecule has 0 spiro atoms. The zero-order valence-corrected chi connectivity index (χ0v) is 11.8. The van der Waals surface area contributed by atoms with Crippen molar-refractivity contribution in [1.82, 2.24) is 4.72 Å². The second-order valence-electron chi connectivity index (χ2n) is 4.76. The molecule has 8 heteroatoms. The first-order valence-corrected chi connectivity index (χ1v) is 7.87. The number of nitrogens with one attached hydrogen (secondary N) is 1. The van der Waals surface area contributed by atoms with Crippen molar-refractivity contribution in [2.24, 2.45) is 0 Å². The van der Waals surface area contributed by atoms with Gasteiger partial charge in [-0.1, -0.05) is 0 Å². The molecule has 102 valence electrons. The van der Waals surface area contributed by atoms with E-state index in [1.807, 2.05) is 0 Å². The molecule has 0 saturated carbocycles. The lowest BCUT2D eigenvalue weighted by atomic mass is 10.1. The van der Waals surface area contributed by atoms with Gasteiger partial charge in [0.25, 0.3) is 0 Å². The van der Waals surface area contributed by atoms with Gasteiger partial charge < -0.3 is 0 Å². The Balaban J connectivity index is 3.14. The molecular weight excluding hydrogens is 281 g/mol. The van der Waals surface area contributed by atoms with Gasteiger partial charge in [-0.3, -0.25) is 0 Å². The molecule has 1 aromatic carbocycles. The molecule has 0 heterocycles. The van der Waals surface area contributed by atoms with Crippen LogP contribution >= 0.6 is 0 Å². The summed E-state index contributed by atoms with van der Waals surface area (Å²) in [7, 11) is -8.56. The molecule has 1 N–H and O–H groups in total. The highest BCUT2D eigenvalue weighted by atomic mass is 32.3. The molecule has 1 rings (SSSR count). The zero-order chi connectivity index (χ0) is 14.2. The van der Waals surface area contributed by atoms with E-state index in [2.05, 4.69) is 4.72 Å². The molecule has 5 nitrogen and oxygen atoms in total. The van der Waals surface area contributed by atoms with E-state index >= 15 is 0 Å². The normalized spacial score (nSPS) is 13.6. The number of benzene rings is 1. The third-order valence-electron chi connectivity index (χ3n) is 1.86. The standard InChI is InChI=1S/C10H14FNO4S2/c1-10(2,3)12-18(15,16)9-6-4-8(5-7-9)17(11,13)14/h4-7,12H,1-3H3. The third-order valence-corrected chi connectivity index (χ3v) is 4.47. The minimum Gasteiger partial charge on any atom is -0.207 e. The summed E-state index contributed by atoms with van der Waals surface area (Å²) >= 11 is 0. The predicted octanol–water partition coefficient (Wildman–Crippen LogP) is 1.42. The Labute approximate surface area is 106 Å². The molecule has 18 heavy (non-hydrogen) atoms. The van der Waals surface area contributed by atoms with Gasteiger partial charge in [-0.25, -0.2) is 13.1 Å². The van der Waals surface area contributed by atoms with E-state index < -0.39 is 30.7 Å². The Morgan fingerprint density at radius 1 is 0.944 bits per heavy atom. The third kappa shape index (κ3) is 4.04. The number of halogens is 1. The molecule has 0 atom stereocenters. The van der Waals surface area contributed by atoms with Gasteiger partial charge in [0.05, 0.1) is 9.79 Å². The molecule has 0 aromatic heterocycles. The molecule has 0 radical (unpaired) electrons. The summed E-state index contributed by atoms with van der Waals surface area (Å²) in [5.41, 5.74) is -0.663. The van der Waals surface area contributed by atoms with E-state index in [-0.39, 0.29) is 4.90 Å². The van der Waals surface area contributed by atoms with Crippen LogP contribution in [0.5, 0.6) is 0 Å². The summed E-state index contributed by atoms with van der Waals surface area (Å²) in [4.78, 5) is -0.693. The molecular formula is C10H14FNO4S2. The van der Waals surface area contributed by atoms with Crippen molar-refractivity contribution < 1.29 is 20.7 Å². The van der Waals surface area contributed by atoms with E-state index in [4.69, 9.17) is 0 Å². The van der Waals surface area contributed by atoms with Crippen LogP contribution < -0.4 is 4.72 Å². The summed E-state index contributed by atoms with van der Waals surface area (Å²) in [6, 6.07) is 3.90. The molecule has 0 aliphatic rings. The van der Waals surface area contributed by atoms with Gasteiger partial charge in [-0.05, 0) is 45.0 Å². The number of sulfonamides is 1. The minimum atomic E-state index is -4.82. The van der Waals surface area contributed by atoms with Crippen LogP contribution in [0.15, 0.2) is 34.1 Å². The van der Waals surface area contributed by atoms with Gasteiger partial charge in [0.2, 0.25) is 10.0 Å². The van der Waals surface area contributed by atoms with Crippen LogP contribution in [0, 0.1) is 0 Å². The summed E-state index contributed by atoms with van der Waals surface area (Å²) in [6.45, 7) is 5.01. The average Bonchev–Trinajstić information content (AvgIpc) is 2.13. The minimum absolute atomic E-state index is 0.121.